The van der Waals surface area contributed by atoms with Crippen LogP contribution in [0.4, 0.5) is 4.79 Å². The van der Waals surface area contributed by atoms with Gasteiger partial charge in [0.25, 0.3) is 0 Å². The lowest BCUT2D eigenvalue weighted by Gasteiger charge is -2.27. The topological polar surface area (TPSA) is 124 Å². The van der Waals surface area contributed by atoms with E-state index in [1.165, 1.54) is 0 Å². The van der Waals surface area contributed by atoms with Crippen molar-refractivity contribution < 1.29 is 24.2 Å². The number of rotatable bonds is 8. The lowest BCUT2D eigenvalue weighted by Crippen LogP contribution is -2.43. The van der Waals surface area contributed by atoms with Gasteiger partial charge in [-0.2, -0.15) is 0 Å². The molecule has 3 aliphatic rings. The fraction of sp³-hybridized carbons (Fsp3) is 0.545. The van der Waals surface area contributed by atoms with E-state index in [-0.39, 0.29) is 24.8 Å². The standard InChI is InChI=1S/C22H29N5O5/c28-19(25-21-23-7-2-8-24-21)3-1-9-26-10-11-27(22(26)31)17(14-20(29)30)16-5-4-15-6-12-32-18(15)13-16/h4-5,13,17H,1-3,6-12,14H2,(H,29,30)(H2,23,24,25,28)/t17-/m0/s1. The summed E-state index contributed by atoms with van der Waals surface area (Å²) in [4.78, 5) is 44.2. The molecule has 0 spiro atoms. The number of ether oxygens (including phenoxy) is 1. The molecular weight excluding hydrogens is 414 g/mol. The summed E-state index contributed by atoms with van der Waals surface area (Å²) in [5.74, 6) is 0.186. The van der Waals surface area contributed by atoms with Crippen molar-refractivity contribution in [1.82, 2.24) is 20.4 Å². The maximum atomic E-state index is 13.0. The molecule has 0 saturated carbocycles. The van der Waals surface area contributed by atoms with Crippen LogP contribution < -0.4 is 15.4 Å². The van der Waals surface area contributed by atoms with Crippen molar-refractivity contribution in [3.05, 3.63) is 29.3 Å². The van der Waals surface area contributed by atoms with E-state index >= 15 is 0 Å². The second-order valence-corrected chi connectivity index (χ2v) is 8.20. The van der Waals surface area contributed by atoms with Gasteiger partial charge in [-0.25, -0.2) is 4.79 Å². The number of carbonyl (C=O) groups excluding carboxylic acids is 2. The summed E-state index contributed by atoms with van der Waals surface area (Å²) in [7, 11) is 0. The van der Waals surface area contributed by atoms with Gasteiger partial charge in [-0.1, -0.05) is 12.1 Å². The van der Waals surface area contributed by atoms with Gasteiger partial charge in [0.05, 0.1) is 19.1 Å². The normalized spacial score (nSPS) is 18.5. The number of aliphatic imine (C=N–C) groups is 1. The molecular formula is C22H29N5O5. The summed E-state index contributed by atoms with van der Waals surface area (Å²) in [6, 6.07) is 4.95. The number of amides is 3. The average Bonchev–Trinajstić information content (AvgIpc) is 3.39. The summed E-state index contributed by atoms with van der Waals surface area (Å²) in [6.45, 7) is 3.51. The Hall–Kier alpha value is -3.30. The number of guanidine groups is 1. The number of hydrogen-bond donors (Lipinski definition) is 3. The van der Waals surface area contributed by atoms with E-state index in [1.807, 2.05) is 18.2 Å². The van der Waals surface area contributed by atoms with E-state index < -0.39 is 12.0 Å². The number of carboxylic acid groups (broad SMARTS) is 1. The number of nitrogens with one attached hydrogen (secondary N) is 2. The van der Waals surface area contributed by atoms with E-state index in [9.17, 15) is 19.5 Å². The van der Waals surface area contributed by atoms with Crippen LogP contribution in [0, 0.1) is 0 Å². The highest BCUT2D eigenvalue weighted by Crippen LogP contribution is 2.34. The first kappa shape index (κ1) is 21.9. The van der Waals surface area contributed by atoms with E-state index in [2.05, 4.69) is 15.6 Å². The van der Waals surface area contributed by atoms with Crippen molar-refractivity contribution in [1.29, 1.82) is 0 Å². The Kier molecular flexibility index (Phi) is 6.77. The number of benzene rings is 1. The molecule has 3 amide bonds. The van der Waals surface area contributed by atoms with Gasteiger partial charge in [-0.15, -0.1) is 0 Å². The first-order valence-electron chi connectivity index (χ1n) is 11.1. The van der Waals surface area contributed by atoms with Crippen LogP contribution in [-0.2, 0) is 16.0 Å². The van der Waals surface area contributed by atoms with Crippen molar-refractivity contribution in [3.63, 3.8) is 0 Å². The predicted octanol–water partition coefficient (Wildman–Crippen LogP) is 1.12. The Labute approximate surface area is 186 Å². The maximum Gasteiger partial charge on any atom is 0.320 e. The molecule has 4 rings (SSSR count). The van der Waals surface area contributed by atoms with E-state index in [0.717, 1.165) is 36.3 Å². The minimum absolute atomic E-state index is 0.136. The predicted molar refractivity (Wildman–Crippen MR) is 117 cm³/mol. The van der Waals surface area contributed by atoms with Gasteiger partial charge in [-0.3, -0.25) is 19.9 Å². The Morgan fingerprint density at radius 2 is 2.19 bits per heavy atom. The summed E-state index contributed by atoms with van der Waals surface area (Å²) in [5, 5.41) is 15.2. The molecule has 0 aromatic heterocycles. The van der Waals surface area contributed by atoms with Gasteiger partial charge in [0, 0.05) is 45.6 Å². The van der Waals surface area contributed by atoms with Crippen LogP contribution >= 0.6 is 0 Å². The zero-order chi connectivity index (χ0) is 22.5. The SMILES string of the molecule is O=C(O)C[C@@H](c1ccc2c(c1)OCC2)N1CCN(CCCC(=O)NC2=NCCCN2)C1=O. The Morgan fingerprint density at radius 1 is 1.31 bits per heavy atom. The molecule has 0 bridgehead atoms. The minimum Gasteiger partial charge on any atom is -0.493 e. The van der Waals surface area contributed by atoms with Gasteiger partial charge in [0.1, 0.15) is 5.75 Å². The molecule has 0 unspecified atom stereocenters. The molecule has 1 fully saturated rings. The third-order valence-electron chi connectivity index (χ3n) is 5.96. The van der Waals surface area contributed by atoms with Crippen LogP contribution in [0.15, 0.2) is 23.2 Å². The molecule has 1 aromatic carbocycles. The molecule has 1 atom stereocenters. The van der Waals surface area contributed by atoms with Crippen LogP contribution in [0.25, 0.3) is 0 Å². The highest BCUT2D eigenvalue weighted by molar-refractivity contribution is 5.97. The molecule has 3 heterocycles. The molecule has 10 heteroatoms. The lowest BCUT2D eigenvalue weighted by molar-refractivity contribution is -0.138. The number of fused-ring (bicyclic) bond motifs is 1. The molecule has 1 aromatic rings. The zero-order valence-corrected chi connectivity index (χ0v) is 18.0. The van der Waals surface area contributed by atoms with Crippen LogP contribution in [-0.4, -0.2) is 78.1 Å². The van der Waals surface area contributed by atoms with Gasteiger partial charge in [-0.05, 0) is 30.0 Å². The van der Waals surface area contributed by atoms with Crippen molar-refractivity contribution in [2.45, 2.75) is 38.1 Å². The largest absolute Gasteiger partial charge is 0.493 e. The average molecular weight is 444 g/mol. The van der Waals surface area contributed by atoms with Crippen LogP contribution in [0.5, 0.6) is 5.75 Å². The maximum absolute atomic E-state index is 13.0. The fourth-order valence-electron chi connectivity index (χ4n) is 4.30. The zero-order valence-electron chi connectivity index (χ0n) is 18.0. The van der Waals surface area contributed by atoms with Crippen molar-refractivity contribution in [3.8, 4) is 5.75 Å². The second kappa shape index (κ2) is 9.88. The molecule has 3 N–H and O–H groups in total. The number of aliphatic carboxylic acids is 1. The van der Waals surface area contributed by atoms with E-state index in [1.54, 1.807) is 9.80 Å². The molecule has 32 heavy (non-hydrogen) atoms. The number of carbonyl (C=O) groups is 3. The number of hydrogen-bond acceptors (Lipinski definition) is 6. The molecule has 3 aliphatic heterocycles. The minimum atomic E-state index is -0.960. The number of urea groups is 1. The molecule has 0 aliphatic carbocycles. The smallest absolute Gasteiger partial charge is 0.320 e. The van der Waals surface area contributed by atoms with Gasteiger partial charge in [0.2, 0.25) is 5.91 Å². The van der Waals surface area contributed by atoms with Crippen molar-refractivity contribution >= 4 is 23.9 Å². The number of carboxylic acids is 1. The van der Waals surface area contributed by atoms with Crippen LogP contribution in [0.1, 0.15) is 42.9 Å². The summed E-state index contributed by atoms with van der Waals surface area (Å²) in [6.07, 6.45) is 2.43. The molecule has 0 radical (unpaired) electrons. The molecule has 10 nitrogen and oxygen atoms in total. The monoisotopic (exact) mass is 443 g/mol. The Balaban J connectivity index is 1.33. The Morgan fingerprint density at radius 3 is 2.97 bits per heavy atom. The van der Waals surface area contributed by atoms with Crippen molar-refractivity contribution in [2.24, 2.45) is 4.99 Å². The lowest BCUT2D eigenvalue weighted by atomic mass is 10.00. The quantitative estimate of drug-likeness (QED) is 0.553. The molecule has 1 saturated heterocycles. The summed E-state index contributed by atoms with van der Waals surface area (Å²) < 4.78 is 5.62. The van der Waals surface area contributed by atoms with E-state index in [0.29, 0.717) is 45.2 Å². The Bertz CT molecular complexity index is 918. The highest BCUT2D eigenvalue weighted by Gasteiger charge is 2.35. The van der Waals surface area contributed by atoms with Gasteiger partial charge >= 0.3 is 12.0 Å². The number of nitrogens with zero attached hydrogens (tertiary/aromatic N) is 3. The summed E-state index contributed by atoms with van der Waals surface area (Å²) >= 11 is 0. The summed E-state index contributed by atoms with van der Waals surface area (Å²) in [5.41, 5.74) is 1.87. The van der Waals surface area contributed by atoms with Crippen LogP contribution in [0.3, 0.4) is 0 Å². The fourth-order valence-corrected chi connectivity index (χ4v) is 4.30. The van der Waals surface area contributed by atoms with Crippen molar-refractivity contribution in [2.75, 3.05) is 39.3 Å². The molecule has 172 valence electrons. The third-order valence-corrected chi connectivity index (χ3v) is 5.96. The third kappa shape index (κ3) is 5.12. The van der Waals surface area contributed by atoms with Gasteiger partial charge in [0.15, 0.2) is 5.96 Å². The first-order valence-corrected chi connectivity index (χ1v) is 11.1. The van der Waals surface area contributed by atoms with E-state index in [4.69, 9.17) is 4.74 Å². The highest BCUT2D eigenvalue weighted by atomic mass is 16.5. The second-order valence-electron chi connectivity index (χ2n) is 8.20. The van der Waals surface area contributed by atoms with Crippen LogP contribution in [0.2, 0.25) is 0 Å². The first-order chi connectivity index (χ1) is 15.5. The van der Waals surface area contributed by atoms with Gasteiger partial charge < -0.3 is 25.0 Å².